The molecule has 2 heterocycles. The number of aromatic nitrogens is 2. The molecule has 0 aliphatic rings. The quantitative estimate of drug-likeness (QED) is 0.374. The molecular formula is C24H28FN3O5. The number of halogens is 1. The lowest BCUT2D eigenvalue weighted by molar-refractivity contribution is -0.137. The zero-order chi connectivity index (χ0) is 24.7. The molecule has 1 amide bonds. The summed E-state index contributed by atoms with van der Waals surface area (Å²) in [6, 6.07) is 9.62. The number of aliphatic carboxylic acids is 1. The van der Waals surface area contributed by atoms with Gasteiger partial charge in [-0.05, 0) is 51.3 Å². The van der Waals surface area contributed by atoms with E-state index in [-0.39, 0.29) is 17.9 Å². The van der Waals surface area contributed by atoms with Gasteiger partial charge in [0.25, 0.3) is 5.91 Å². The topological polar surface area (TPSA) is 109 Å². The van der Waals surface area contributed by atoms with E-state index in [0.29, 0.717) is 37.2 Å². The van der Waals surface area contributed by atoms with Crippen LogP contribution in [0.4, 0.5) is 4.39 Å². The highest BCUT2D eigenvalue weighted by atomic mass is 19.1. The van der Waals surface area contributed by atoms with Gasteiger partial charge in [-0.25, -0.2) is 4.39 Å². The molecule has 176 valence electrons. The highest BCUT2D eigenvalue weighted by molar-refractivity contribution is 5.93. The Balaban J connectivity index is 1.76. The third-order valence-electron chi connectivity index (χ3n) is 4.96. The van der Waals surface area contributed by atoms with E-state index in [9.17, 15) is 9.59 Å². The molecule has 2 N–H and O–H groups in total. The van der Waals surface area contributed by atoms with E-state index in [4.69, 9.17) is 15.6 Å². The molecule has 3 aromatic rings. The monoisotopic (exact) mass is 458 g/mol. The number of carboxylic acid groups (broad SMARTS) is 1. The molecule has 8 nitrogen and oxygen atoms in total. The minimum atomic E-state index is -1.17. The lowest BCUT2D eigenvalue weighted by Gasteiger charge is -2.27. The second-order valence-electron chi connectivity index (χ2n) is 7.76. The van der Waals surface area contributed by atoms with Gasteiger partial charge in [0.1, 0.15) is 11.4 Å². The number of H-pyrrole nitrogens is 1. The molecule has 0 spiro atoms. The number of rotatable bonds is 12. The van der Waals surface area contributed by atoms with Gasteiger partial charge in [0.15, 0.2) is 17.3 Å². The Morgan fingerprint density at radius 1 is 1.24 bits per heavy atom. The summed E-state index contributed by atoms with van der Waals surface area (Å²) in [6.07, 6.45) is 3.42. The first-order valence-electron chi connectivity index (χ1n) is 11.3. The average Bonchev–Trinajstić information content (AvgIpc) is 3.45. The van der Waals surface area contributed by atoms with Crippen molar-refractivity contribution in [1.82, 2.24) is 15.1 Å². The van der Waals surface area contributed by atoms with Gasteiger partial charge in [-0.15, -0.1) is 0 Å². The number of carbonyl (C=O) groups excluding carboxylic acids is 1. The Bertz CT molecular complexity index is 1100. The van der Waals surface area contributed by atoms with Gasteiger partial charge >= 0.3 is 5.97 Å². The molecule has 0 radical (unpaired) electrons. The molecule has 1 aromatic carbocycles. The minimum Gasteiger partial charge on any atom is -0.493 e. The number of furan rings is 1. The van der Waals surface area contributed by atoms with Gasteiger partial charge in [-0.2, -0.15) is 5.10 Å². The number of aromatic amines is 1. The Morgan fingerprint density at radius 2 is 2.03 bits per heavy atom. The van der Waals surface area contributed by atoms with Crippen molar-refractivity contribution in [2.24, 2.45) is 0 Å². The number of carboxylic acids is 1. The molecule has 0 saturated heterocycles. The van der Waals surface area contributed by atoms with Crippen molar-refractivity contribution in [1.29, 1.82) is 0 Å². The Morgan fingerprint density at radius 3 is 2.73 bits per heavy atom. The second kappa shape index (κ2) is 11.3. The predicted octanol–water partition coefficient (Wildman–Crippen LogP) is 4.88. The smallest absolute Gasteiger partial charge is 0.303 e. The summed E-state index contributed by atoms with van der Waals surface area (Å²) in [5.74, 6) is -1.75. The van der Waals surface area contributed by atoms with Crippen LogP contribution >= 0.6 is 0 Å². The lowest BCUT2D eigenvalue weighted by Crippen LogP contribution is -2.37. The van der Waals surface area contributed by atoms with E-state index in [1.54, 1.807) is 50.2 Å². The Hall–Kier alpha value is -3.62. The number of nitrogens with zero attached hydrogens (tertiary/aromatic N) is 2. The normalized spacial score (nSPS) is 12.4. The SMILES string of the molecule is [2H]C(c1ccccc1OCCCCCC(=O)O)N(C(=O)c1n[nH]c(-c2ccco2)c1F)C(C)C. The third-order valence-corrected chi connectivity index (χ3v) is 4.96. The number of carbonyl (C=O) groups is 2. The zero-order valence-corrected chi connectivity index (χ0v) is 18.6. The molecule has 33 heavy (non-hydrogen) atoms. The fourth-order valence-electron chi connectivity index (χ4n) is 3.22. The maximum Gasteiger partial charge on any atom is 0.303 e. The summed E-state index contributed by atoms with van der Waals surface area (Å²) in [5.41, 5.74) is -0.00307. The van der Waals surface area contributed by atoms with Crippen LogP contribution in [0.25, 0.3) is 11.5 Å². The first-order valence-corrected chi connectivity index (χ1v) is 10.8. The minimum absolute atomic E-state index is 0.0368. The number of para-hydroxylation sites is 1. The molecule has 2 aromatic heterocycles. The summed E-state index contributed by atoms with van der Waals surface area (Å²) in [5, 5.41) is 15.1. The number of ether oxygens (including phenoxy) is 1. The van der Waals surface area contributed by atoms with Crippen LogP contribution in [0.15, 0.2) is 47.1 Å². The van der Waals surface area contributed by atoms with E-state index < -0.39 is 36.0 Å². The zero-order valence-electron chi connectivity index (χ0n) is 19.6. The molecule has 0 aliphatic carbocycles. The van der Waals surface area contributed by atoms with Crippen molar-refractivity contribution >= 4 is 11.9 Å². The summed E-state index contributed by atoms with van der Waals surface area (Å²) < 4.78 is 34.9. The highest BCUT2D eigenvalue weighted by Crippen LogP contribution is 2.26. The fraction of sp³-hybridized carbons (Fsp3) is 0.375. The van der Waals surface area contributed by atoms with Gasteiger partial charge in [-0.1, -0.05) is 18.2 Å². The number of hydrogen-bond donors (Lipinski definition) is 2. The van der Waals surface area contributed by atoms with Crippen LogP contribution < -0.4 is 4.74 Å². The fourth-order valence-corrected chi connectivity index (χ4v) is 3.22. The molecule has 9 heteroatoms. The van der Waals surface area contributed by atoms with Crippen molar-refractivity contribution in [2.75, 3.05) is 6.61 Å². The van der Waals surface area contributed by atoms with Crippen LogP contribution in [0.2, 0.25) is 0 Å². The predicted molar refractivity (Wildman–Crippen MR) is 119 cm³/mol. The summed E-state index contributed by atoms with van der Waals surface area (Å²) in [7, 11) is 0. The van der Waals surface area contributed by atoms with E-state index in [0.717, 1.165) is 0 Å². The first kappa shape index (κ1) is 22.6. The number of amides is 1. The number of hydrogen-bond acceptors (Lipinski definition) is 5. The molecule has 0 saturated carbocycles. The second-order valence-corrected chi connectivity index (χ2v) is 7.76. The average molecular weight is 459 g/mol. The van der Waals surface area contributed by atoms with Crippen molar-refractivity contribution in [3.8, 4) is 17.2 Å². The van der Waals surface area contributed by atoms with Crippen molar-refractivity contribution < 1.29 is 29.6 Å². The maximum absolute atomic E-state index is 15.0. The van der Waals surface area contributed by atoms with Crippen molar-refractivity contribution in [3.05, 3.63) is 59.7 Å². The molecule has 1 unspecified atom stereocenters. The van der Waals surface area contributed by atoms with Gasteiger partial charge in [-0.3, -0.25) is 14.7 Å². The van der Waals surface area contributed by atoms with Crippen LogP contribution in [0, 0.1) is 5.82 Å². The van der Waals surface area contributed by atoms with Crippen LogP contribution in [0.1, 0.15) is 57.0 Å². The number of benzene rings is 1. The third kappa shape index (κ3) is 6.21. The van der Waals surface area contributed by atoms with Crippen LogP contribution in [0.5, 0.6) is 5.75 Å². The van der Waals surface area contributed by atoms with E-state index in [2.05, 4.69) is 10.2 Å². The Kier molecular flexibility index (Phi) is 7.73. The standard InChI is InChI=1S/C24H28FN3O5/c1-16(2)28(24(31)23-21(25)22(26-27-23)19-11-8-14-33-19)15-17-9-5-6-10-18(17)32-13-7-3-4-12-20(29)30/h5-6,8-11,14,16H,3-4,7,12-13,15H2,1-2H3,(H,26,27)(H,29,30)/i15D. The van der Waals surface area contributed by atoms with Gasteiger partial charge < -0.3 is 19.2 Å². The van der Waals surface area contributed by atoms with Crippen LogP contribution in [-0.2, 0) is 11.3 Å². The molecule has 3 rings (SSSR count). The van der Waals surface area contributed by atoms with E-state index in [1.807, 2.05) is 0 Å². The van der Waals surface area contributed by atoms with Gasteiger partial charge in [0.2, 0.25) is 0 Å². The molecule has 0 aliphatic heterocycles. The lowest BCUT2D eigenvalue weighted by atomic mass is 10.1. The van der Waals surface area contributed by atoms with Crippen LogP contribution in [0.3, 0.4) is 0 Å². The summed E-state index contributed by atoms with van der Waals surface area (Å²) in [6.45, 7) is 2.66. The molecule has 1 atom stereocenters. The summed E-state index contributed by atoms with van der Waals surface area (Å²) >= 11 is 0. The van der Waals surface area contributed by atoms with Crippen molar-refractivity contribution in [3.63, 3.8) is 0 Å². The largest absolute Gasteiger partial charge is 0.493 e. The van der Waals surface area contributed by atoms with Gasteiger partial charge in [0, 0.05) is 24.5 Å². The van der Waals surface area contributed by atoms with E-state index in [1.165, 1.54) is 11.2 Å². The van der Waals surface area contributed by atoms with Crippen molar-refractivity contribution in [2.45, 2.75) is 52.1 Å². The molecule has 0 fully saturated rings. The Labute approximate surface area is 192 Å². The molecule has 0 bridgehead atoms. The summed E-state index contributed by atoms with van der Waals surface area (Å²) in [4.78, 5) is 25.1. The first-order chi connectivity index (χ1) is 16.3. The van der Waals surface area contributed by atoms with E-state index >= 15 is 4.39 Å². The number of nitrogens with one attached hydrogen (secondary N) is 1. The highest BCUT2D eigenvalue weighted by Gasteiger charge is 2.28. The van der Waals surface area contributed by atoms with Gasteiger partial charge in [0.05, 0.1) is 14.2 Å². The maximum atomic E-state index is 15.0. The number of unbranched alkanes of at least 4 members (excludes halogenated alkanes) is 2. The van der Waals surface area contributed by atoms with Crippen LogP contribution in [-0.4, -0.2) is 44.7 Å². The molecular weight excluding hydrogens is 429 g/mol.